The second-order valence-corrected chi connectivity index (χ2v) is 4.43. The molecule has 0 unspecified atom stereocenters. The van der Waals surface area contributed by atoms with E-state index >= 15 is 0 Å². The summed E-state index contributed by atoms with van der Waals surface area (Å²) in [4.78, 5) is 22.9. The van der Waals surface area contributed by atoms with E-state index in [4.69, 9.17) is 0 Å². The largest absolute Gasteiger partial charge is 0.354 e. The Labute approximate surface area is 120 Å². The minimum atomic E-state index is -1.68. The van der Waals surface area contributed by atoms with Crippen LogP contribution in [0.3, 0.4) is 0 Å². The summed E-state index contributed by atoms with van der Waals surface area (Å²) >= 11 is 0. The number of carbonyl (C=O) groups is 2. The molecule has 0 bridgehead atoms. The maximum absolute atomic E-state index is 13.3. The number of rotatable bonds is 7. The molecule has 0 fully saturated rings. The van der Waals surface area contributed by atoms with E-state index in [0.717, 1.165) is 18.9 Å². The van der Waals surface area contributed by atoms with Gasteiger partial charge in [-0.05, 0) is 18.6 Å². The molecule has 0 aliphatic rings. The molecule has 0 saturated heterocycles. The average molecular weight is 302 g/mol. The van der Waals surface area contributed by atoms with Gasteiger partial charge < -0.3 is 10.6 Å². The van der Waals surface area contributed by atoms with E-state index in [-0.39, 0.29) is 19.0 Å². The van der Waals surface area contributed by atoms with Crippen LogP contribution in [-0.2, 0) is 4.79 Å². The lowest BCUT2D eigenvalue weighted by molar-refractivity contribution is -0.121. The molecule has 0 saturated carbocycles. The summed E-state index contributed by atoms with van der Waals surface area (Å²) < 4.78 is 39.0. The minimum Gasteiger partial charge on any atom is -0.354 e. The predicted octanol–water partition coefficient (Wildman–Crippen LogP) is 2.14. The summed E-state index contributed by atoms with van der Waals surface area (Å²) in [6, 6.07) is 1.54. The first-order valence-electron chi connectivity index (χ1n) is 6.65. The van der Waals surface area contributed by atoms with E-state index < -0.39 is 28.9 Å². The number of unbranched alkanes of at least 4 members (excludes halogenated alkanes) is 1. The molecule has 2 amide bonds. The Bertz CT molecular complexity index is 521. The van der Waals surface area contributed by atoms with E-state index in [1.165, 1.54) is 0 Å². The Kier molecular flexibility index (Phi) is 6.71. The van der Waals surface area contributed by atoms with E-state index in [9.17, 15) is 22.8 Å². The van der Waals surface area contributed by atoms with Gasteiger partial charge in [0.05, 0.1) is 5.56 Å². The van der Waals surface area contributed by atoms with Crippen LogP contribution in [0.2, 0.25) is 0 Å². The molecule has 21 heavy (non-hydrogen) atoms. The fourth-order valence-corrected chi connectivity index (χ4v) is 1.60. The highest BCUT2D eigenvalue weighted by atomic mass is 19.2. The van der Waals surface area contributed by atoms with Gasteiger partial charge in [-0.2, -0.15) is 0 Å². The highest BCUT2D eigenvalue weighted by Gasteiger charge is 2.18. The van der Waals surface area contributed by atoms with Crippen molar-refractivity contribution in [3.05, 3.63) is 35.1 Å². The Balaban J connectivity index is 2.41. The highest BCUT2D eigenvalue weighted by Crippen LogP contribution is 2.14. The lowest BCUT2D eigenvalue weighted by atomic mass is 10.2. The zero-order valence-corrected chi connectivity index (χ0v) is 11.6. The van der Waals surface area contributed by atoms with Crippen LogP contribution >= 0.6 is 0 Å². The zero-order valence-electron chi connectivity index (χ0n) is 11.6. The Hall–Kier alpha value is -2.05. The van der Waals surface area contributed by atoms with Crippen LogP contribution in [0.1, 0.15) is 36.5 Å². The van der Waals surface area contributed by atoms with Gasteiger partial charge in [-0.1, -0.05) is 13.3 Å². The summed E-state index contributed by atoms with van der Waals surface area (Å²) in [5.74, 6) is -5.57. The van der Waals surface area contributed by atoms with Gasteiger partial charge in [0, 0.05) is 19.5 Å². The third-order valence-electron chi connectivity index (χ3n) is 2.77. The normalized spacial score (nSPS) is 10.3. The lowest BCUT2D eigenvalue weighted by Gasteiger charge is -2.08. The number of carbonyl (C=O) groups excluding carboxylic acids is 2. The topological polar surface area (TPSA) is 58.2 Å². The molecule has 0 heterocycles. The first kappa shape index (κ1) is 17.0. The molecule has 0 spiro atoms. The molecule has 1 aromatic carbocycles. The van der Waals surface area contributed by atoms with Crippen molar-refractivity contribution in [1.82, 2.24) is 10.6 Å². The monoisotopic (exact) mass is 302 g/mol. The number of hydrogen-bond donors (Lipinski definition) is 2. The Morgan fingerprint density at radius 3 is 2.38 bits per heavy atom. The number of benzene rings is 1. The van der Waals surface area contributed by atoms with Crippen LogP contribution in [0, 0.1) is 17.5 Å². The summed E-state index contributed by atoms with van der Waals surface area (Å²) in [6.45, 7) is 2.21. The van der Waals surface area contributed by atoms with Crippen molar-refractivity contribution < 1.29 is 22.8 Å². The molecule has 0 aliphatic heterocycles. The SMILES string of the molecule is CCCCC(=O)NCCNC(=O)c1ccc(F)c(F)c1F. The van der Waals surface area contributed by atoms with Gasteiger partial charge in [-0.15, -0.1) is 0 Å². The van der Waals surface area contributed by atoms with Crippen LogP contribution in [0.4, 0.5) is 13.2 Å². The molecule has 0 aliphatic carbocycles. The first-order chi connectivity index (χ1) is 9.97. The van der Waals surface area contributed by atoms with E-state index in [1.54, 1.807) is 0 Å². The van der Waals surface area contributed by atoms with Gasteiger partial charge in [-0.25, -0.2) is 13.2 Å². The van der Waals surface area contributed by atoms with Crippen LogP contribution in [0.25, 0.3) is 0 Å². The third kappa shape index (κ3) is 5.09. The van der Waals surface area contributed by atoms with Gasteiger partial charge >= 0.3 is 0 Å². The first-order valence-corrected chi connectivity index (χ1v) is 6.65. The van der Waals surface area contributed by atoms with Crippen molar-refractivity contribution >= 4 is 11.8 Å². The van der Waals surface area contributed by atoms with Crippen molar-refractivity contribution in [3.8, 4) is 0 Å². The number of amides is 2. The molecule has 0 aromatic heterocycles. The molecule has 0 radical (unpaired) electrons. The van der Waals surface area contributed by atoms with Crippen LogP contribution in [-0.4, -0.2) is 24.9 Å². The molecule has 116 valence electrons. The Morgan fingerprint density at radius 2 is 1.71 bits per heavy atom. The third-order valence-corrected chi connectivity index (χ3v) is 2.77. The molecular formula is C14H17F3N2O2. The van der Waals surface area contributed by atoms with E-state index in [1.807, 2.05) is 6.92 Å². The van der Waals surface area contributed by atoms with Crippen molar-refractivity contribution in [2.45, 2.75) is 26.2 Å². The summed E-state index contributed by atoms with van der Waals surface area (Å²) in [5, 5.41) is 4.89. The number of halogens is 3. The van der Waals surface area contributed by atoms with E-state index in [0.29, 0.717) is 12.5 Å². The smallest absolute Gasteiger partial charge is 0.254 e. The van der Waals surface area contributed by atoms with Crippen LogP contribution < -0.4 is 10.6 Å². The van der Waals surface area contributed by atoms with Crippen molar-refractivity contribution in [2.75, 3.05) is 13.1 Å². The highest BCUT2D eigenvalue weighted by molar-refractivity contribution is 5.94. The Morgan fingerprint density at radius 1 is 1.05 bits per heavy atom. The molecule has 0 atom stereocenters. The standard InChI is InChI=1S/C14H17F3N2O2/c1-2-3-4-11(20)18-7-8-19-14(21)9-5-6-10(15)13(17)12(9)16/h5-6H,2-4,7-8H2,1H3,(H,18,20)(H,19,21). The maximum atomic E-state index is 13.3. The fourth-order valence-electron chi connectivity index (χ4n) is 1.60. The number of nitrogens with one attached hydrogen (secondary N) is 2. The minimum absolute atomic E-state index is 0.0646. The fraction of sp³-hybridized carbons (Fsp3) is 0.429. The molecule has 1 rings (SSSR count). The van der Waals surface area contributed by atoms with Gasteiger partial charge in [-0.3, -0.25) is 9.59 Å². The van der Waals surface area contributed by atoms with Crippen molar-refractivity contribution in [2.24, 2.45) is 0 Å². The van der Waals surface area contributed by atoms with Crippen molar-refractivity contribution in [1.29, 1.82) is 0 Å². The molecule has 7 heteroatoms. The summed E-state index contributed by atoms with van der Waals surface area (Å²) in [5.41, 5.74) is -0.578. The van der Waals surface area contributed by atoms with Crippen molar-refractivity contribution in [3.63, 3.8) is 0 Å². The van der Waals surface area contributed by atoms with Crippen LogP contribution in [0.15, 0.2) is 12.1 Å². The van der Waals surface area contributed by atoms with E-state index in [2.05, 4.69) is 10.6 Å². The van der Waals surface area contributed by atoms with Gasteiger partial charge in [0.25, 0.3) is 5.91 Å². The molecule has 2 N–H and O–H groups in total. The quantitative estimate of drug-likeness (QED) is 0.599. The number of hydrogen-bond acceptors (Lipinski definition) is 2. The second kappa shape index (κ2) is 8.28. The summed E-state index contributed by atoms with van der Waals surface area (Å²) in [6.07, 6.45) is 2.08. The average Bonchev–Trinajstić information content (AvgIpc) is 2.47. The lowest BCUT2D eigenvalue weighted by Crippen LogP contribution is -2.35. The van der Waals surface area contributed by atoms with Gasteiger partial charge in [0.1, 0.15) is 0 Å². The second-order valence-electron chi connectivity index (χ2n) is 4.43. The summed E-state index contributed by atoms with van der Waals surface area (Å²) in [7, 11) is 0. The predicted molar refractivity (Wildman–Crippen MR) is 71.2 cm³/mol. The zero-order chi connectivity index (χ0) is 15.8. The van der Waals surface area contributed by atoms with Gasteiger partial charge in [0.15, 0.2) is 17.5 Å². The molecular weight excluding hydrogens is 285 g/mol. The maximum Gasteiger partial charge on any atom is 0.254 e. The molecule has 1 aromatic rings. The van der Waals surface area contributed by atoms with Gasteiger partial charge in [0.2, 0.25) is 5.91 Å². The molecule has 4 nitrogen and oxygen atoms in total. The van der Waals surface area contributed by atoms with Crippen LogP contribution in [0.5, 0.6) is 0 Å².